The van der Waals surface area contributed by atoms with Gasteiger partial charge in [0.1, 0.15) is 11.7 Å². The van der Waals surface area contributed by atoms with E-state index in [2.05, 4.69) is 11.0 Å². The lowest BCUT2D eigenvalue weighted by atomic mass is 10.1. The summed E-state index contributed by atoms with van der Waals surface area (Å²) in [6.07, 6.45) is 5.75. The first kappa shape index (κ1) is 13.4. The van der Waals surface area contributed by atoms with Gasteiger partial charge in [-0.3, -0.25) is 5.41 Å². The molecule has 2 aliphatic rings. The molecule has 1 atom stereocenters. The minimum atomic E-state index is 0.0985. The van der Waals surface area contributed by atoms with Crippen molar-refractivity contribution in [2.24, 2.45) is 5.73 Å². The van der Waals surface area contributed by atoms with E-state index in [4.69, 9.17) is 20.9 Å². The summed E-state index contributed by atoms with van der Waals surface area (Å²) in [5.41, 5.74) is 8.92. The predicted octanol–water partition coefficient (Wildman–Crippen LogP) is 1.47. The molecule has 5 nitrogen and oxygen atoms in total. The summed E-state index contributed by atoms with van der Waals surface area (Å²) in [6.45, 7) is 1.67. The summed E-state index contributed by atoms with van der Waals surface area (Å²) in [6, 6.07) is 2.05. The number of fused-ring (bicyclic) bond motifs is 1. The van der Waals surface area contributed by atoms with Crippen LogP contribution in [0.5, 0.6) is 0 Å². The summed E-state index contributed by atoms with van der Waals surface area (Å²) < 4.78 is 5.68. The van der Waals surface area contributed by atoms with Gasteiger partial charge in [-0.1, -0.05) is 0 Å². The first-order chi connectivity index (χ1) is 9.65. The SMILES string of the molecule is CN(CC1CCCO1)c1nc2c(cc1C(=N)N)CCC2. The zero-order valence-electron chi connectivity index (χ0n) is 12.0. The van der Waals surface area contributed by atoms with Crippen LogP contribution in [0.1, 0.15) is 36.1 Å². The molecule has 1 aromatic heterocycles. The monoisotopic (exact) mass is 274 g/mol. The van der Waals surface area contributed by atoms with E-state index in [0.717, 1.165) is 56.6 Å². The normalized spacial score (nSPS) is 20.9. The van der Waals surface area contributed by atoms with Crippen LogP contribution in [0.4, 0.5) is 5.82 Å². The molecule has 1 aliphatic carbocycles. The number of nitrogens with one attached hydrogen (secondary N) is 1. The van der Waals surface area contributed by atoms with Crippen LogP contribution in [0.2, 0.25) is 0 Å². The lowest BCUT2D eigenvalue weighted by molar-refractivity contribution is 0.116. The maximum atomic E-state index is 7.80. The molecule has 0 saturated carbocycles. The highest BCUT2D eigenvalue weighted by Crippen LogP contribution is 2.27. The molecule has 2 heterocycles. The van der Waals surface area contributed by atoms with E-state index in [1.54, 1.807) is 0 Å². The van der Waals surface area contributed by atoms with E-state index < -0.39 is 0 Å². The molecule has 0 spiro atoms. The third-order valence-electron chi connectivity index (χ3n) is 4.18. The smallest absolute Gasteiger partial charge is 0.139 e. The number of hydrogen-bond donors (Lipinski definition) is 2. The Bertz CT molecular complexity index is 523. The average Bonchev–Trinajstić information content (AvgIpc) is 3.06. The average molecular weight is 274 g/mol. The summed E-state index contributed by atoms with van der Waals surface area (Å²) in [5, 5.41) is 7.80. The van der Waals surface area contributed by atoms with Gasteiger partial charge in [0.05, 0.1) is 11.7 Å². The van der Waals surface area contributed by atoms with Crippen molar-refractivity contribution in [3.05, 3.63) is 22.9 Å². The largest absolute Gasteiger partial charge is 0.384 e. The number of rotatable bonds is 4. The van der Waals surface area contributed by atoms with E-state index in [0.29, 0.717) is 0 Å². The van der Waals surface area contributed by atoms with Crippen molar-refractivity contribution in [2.75, 3.05) is 25.1 Å². The number of nitrogens with zero attached hydrogens (tertiary/aromatic N) is 2. The maximum Gasteiger partial charge on any atom is 0.139 e. The number of anilines is 1. The molecule has 5 heteroatoms. The van der Waals surface area contributed by atoms with Crippen molar-refractivity contribution in [1.82, 2.24) is 4.98 Å². The van der Waals surface area contributed by atoms with Crippen LogP contribution in [0, 0.1) is 5.41 Å². The van der Waals surface area contributed by atoms with Gasteiger partial charge in [0.25, 0.3) is 0 Å². The van der Waals surface area contributed by atoms with Gasteiger partial charge in [0.2, 0.25) is 0 Å². The quantitative estimate of drug-likeness (QED) is 0.644. The zero-order valence-corrected chi connectivity index (χ0v) is 12.0. The Balaban J connectivity index is 1.88. The van der Waals surface area contributed by atoms with Crippen molar-refractivity contribution in [3.63, 3.8) is 0 Å². The predicted molar refractivity (Wildman–Crippen MR) is 79.5 cm³/mol. The highest BCUT2D eigenvalue weighted by Gasteiger charge is 2.23. The second-order valence-corrected chi connectivity index (χ2v) is 5.75. The van der Waals surface area contributed by atoms with Gasteiger partial charge in [0.15, 0.2) is 0 Å². The molecule has 3 rings (SSSR count). The van der Waals surface area contributed by atoms with Crippen LogP contribution < -0.4 is 10.6 Å². The second kappa shape index (κ2) is 5.40. The summed E-state index contributed by atoms with van der Waals surface area (Å²) in [7, 11) is 2.01. The molecular formula is C15H22N4O. The highest BCUT2D eigenvalue weighted by molar-refractivity contribution is 5.99. The molecule has 0 aromatic carbocycles. The van der Waals surface area contributed by atoms with Gasteiger partial charge in [-0.05, 0) is 43.7 Å². The minimum absolute atomic E-state index is 0.0985. The number of hydrogen-bond acceptors (Lipinski definition) is 4. The molecule has 0 radical (unpaired) electrons. The van der Waals surface area contributed by atoms with Crippen LogP contribution in [0.15, 0.2) is 6.07 Å². The molecule has 1 saturated heterocycles. The van der Waals surface area contributed by atoms with Crippen molar-refractivity contribution >= 4 is 11.7 Å². The molecule has 108 valence electrons. The fourth-order valence-electron chi connectivity index (χ4n) is 3.13. The highest BCUT2D eigenvalue weighted by atomic mass is 16.5. The van der Waals surface area contributed by atoms with Gasteiger partial charge in [-0.15, -0.1) is 0 Å². The molecule has 1 unspecified atom stereocenters. The Kier molecular flexibility index (Phi) is 3.61. The molecule has 20 heavy (non-hydrogen) atoms. The van der Waals surface area contributed by atoms with E-state index in [9.17, 15) is 0 Å². The Morgan fingerprint density at radius 1 is 1.50 bits per heavy atom. The Morgan fingerprint density at radius 3 is 3.05 bits per heavy atom. The van der Waals surface area contributed by atoms with Crippen molar-refractivity contribution in [2.45, 2.75) is 38.2 Å². The summed E-state index contributed by atoms with van der Waals surface area (Å²) in [4.78, 5) is 6.85. The number of nitrogen functional groups attached to an aromatic ring is 1. The van der Waals surface area contributed by atoms with Gasteiger partial charge < -0.3 is 15.4 Å². The molecule has 1 aromatic rings. The minimum Gasteiger partial charge on any atom is -0.384 e. The lowest BCUT2D eigenvalue weighted by Gasteiger charge is -2.24. The van der Waals surface area contributed by atoms with Gasteiger partial charge in [0, 0.05) is 25.9 Å². The number of amidine groups is 1. The van der Waals surface area contributed by atoms with E-state index in [-0.39, 0.29) is 11.9 Å². The fourth-order valence-corrected chi connectivity index (χ4v) is 3.13. The third kappa shape index (κ3) is 2.50. The topological polar surface area (TPSA) is 75.2 Å². The fraction of sp³-hybridized carbons (Fsp3) is 0.600. The first-order valence-electron chi connectivity index (χ1n) is 7.35. The van der Waals surface area contributed by atoms with Crippen molar-refractivity contribution in [1.29, 1.82) is 5.41 Å². The number of aryl methyl sites for hydroxylation is 2. The number of nitrogens with two attached hydrogens (primary N) is 1. The maximum absolute atomic E-state index is 7.80. The molecule has 0 bridgehead atoms. The number of aromatic nitrogens is 1. The molecule has 3 N–H and O–H groups in total. The Hall–Kier alpha value is -1.62. The molecule has 1 aliphatic heterocycles. The number of likely N-dealkylation sites (N-methyl/N-ethyl adjacent to an activating group) is 1. The van der Waals surface area contributed by atoms with Gasteiger partial charge >= 0.3 is 0 Å². The van der Waals surface area contributed by atoms with E-state index in [1.165, 1.54) is 11.3 Å². The lowest BCUT2D eigenvalue weighted by Crippen LogP contribution is -2.31. The Morgan fingerprint density at radius 2 is 2.35 bits per heavy atom. The van der Waals surface area contributed by atoms with Gasteiger partial charge in [-0.25, -0.2) is 4.98 Å². The van der Waals surface area contributed by atoms with E-state index in [1.807, 2.05) is 7.05 Å². The Labute approximate surface area is 119 Å². The summed E-state index contributed by atoms with van der Waals surface area (Å²) >= 11 is 0. The first-order valence-corrected chi connectivity index (χ1v) is 7.35. The van der Waals surface area contributed by atoms with Crippen LogP contribution in [-0.4, -0.2) is 37.1 Å². The molecular weight excluding hydrogens is 252 g/mol. The van der Waals surface area contributed by atoms with Crippen LogP contribution >= 0.6 is 0 Å². The van der Waals surface area contributed by atoms with Crippen molar-refractivity contribution < 1.29 is 4.74 Å². The van der Waals surface area contributed by atoms with Crippen molar-refractivity contribution in [3.8, 4) is 0 Å². The third-order valence-corrected chi connectivity index (χ3v) is 4.18. The van der Waals surface area contributed by atoms with Crippen LogP contribution in [0.3, 0.4) is 0 Å². The van der Waals surface area contributed by atoms with Crippen LogP contribution in [-0.2, 0) is 17.6 Å². The zero-order chi connectivity index (χ0) is 14.1. The molecule has 0 amide bonds. The van der Waals surface area contributed by atoms with Gasteiger partial charge in [-0.2, -0.15) is 0 Å². The number of pyridine rings is 1. The molecule has 1 fully saturated rings. The van der Waals surface area contributed by atoms with Crippen LogP contribution in [0.25, 0.3) is 0 Å². The standard InChI is InChI=1S/C15H22N4O/c1-19(9-11-5-3-7-20-11)15-12(14(16)17)8-10-4-2-6-13(10)18-15/h8,11H,2-7,9H2,1H3,(H3,16,17). The number of ether oxygens (including phenoxy) is 1. The summed E-state index contributed by atoms with van der Waals surface area (Å²) in [5.74, 6) is 0.926. The van der Waals surface area contributed by atoms with E-state index >= 15 is 0 Å². The second-order valence-electron chi connectivity index (χ2n) is 5.75.